The van der Waals surface area contributed by atoms with Gasteiger partial charge < -0.3 is 0 Å². The predicted molar refractivity (Wildman–Crippen MR) is 54.0 cm³/mol. The molecule has 0 aromatic heterocycles. The van der Waals surface area contributed by atoms with Gasteiger partial charge in [0.15, 0.2) is 0 Å². The second-order valence-electron chi connectivity index (χ2n) is 4.27. The van der Waals surface area contributed by atoms with Gasteiger partial charge in [-0.3, -0.25) is 0 Å². The first-order valence-electron chi connectivity index (χ1n) is 4.90. The lowest BCUT2D eigenvalue weighted by Crippen LogP contribution is -2.35. The molecule has 4 heteroatoms. The summed E-state index contributed by atoms with van der Waals surface area (Å²) in [5, 5.41) is -0.319. The number of nitrogens with one attached hydrogen (secondary N) is 1. The molecule has 0 unspecified atom stereocenters. The Morgan fingerprint density at radius 2 is 1.92 bits per heavy atom. The predicted octanol–water partition coefficient (Wildman–Crippen LogP) is 1.50. The molecule has 1 N–H and O–H groups in total. The Morgan fingerprint density at radius 1 is 1.38 bits per heavy atom. The van der Waals surface area contributed by atoms with E-state index in [2.05, 4.69) is 11.6 Å². The van der Waals surface area contributed by atoms with Crippen LogP contribution < -0.4 is 4.72 Å². The molecule has 3 nitrogen and oxygen atoms in total. The van der Waals surface area contributed by atoms with Gasteiger partial charge in [0.05, 0.1) is 5.25 Å². The van der Waals surface area contributed by atoms with E-state index in [-0.39, 0.29) is 5.25 Å². The van der Waals surface area contributed by atoms with Crippen LogP contribution in [0, 0.1) is 5.41 Å². The van der Waals surface area contributed by atoms with Crippen LogP contribution in [0.25, 0.3) is 0 Å². The third-order valence-electron chi connectivity index (χ3n) is 2.98. The first kappa shape index (κ1) is 11.0. The Bertz CT molecular complexity index is 265. The molecule has 0 aromatic rings. The highest BCUT2D eigenvalue weighted by Crippen LogP contribution is 2.47. The maximum absolute atomic E-state index is 11.4. The van der Waals surface area contributed by atoms with E-state index >= 15 is 0 Å². The summed E-state index contributed by atoms with van der Waals surface area (Å²) >= 11 is 0. The van der Waals surface area contributed by atoms with Gasteiger partial charge in [-0.25, -0.2) is 13.1 Å². The largest absolute Gasteiger partial charge is 0.214 e. The fourth-order valence-corrected chi connectivity index (χ4v) is 2.09. The fourth-order valence-electron chi connectivity index (χ4n) is 1.25. The molecular formula is C9H19NO2S. The van der Waals surface area contributed by atoms with Gasteiger partial charge in [-0.05, 0) is 38.5 Å². The van der Waals surface area contributed by atoms with E-state index in [1.165, 1.54) is 12.8 Å². The molecule has 0 radical (unpaired) electrons. The van der Waals surface area contributed by atoms with Gasteiger partial charge in [0.1, 0.15) is 0 Å². The van der Waals surface area contributed by atoms with Crippen LogP contribution in [0.15, 0.2) is 0 Å². The Kier molecular flexibility index (Phi) is 3.02. The summed E-state index contributed by atoms with van der Waals surface area (Å²) in [5.74, 6) is 0. The van der Waals surface area contributed by atoms with Crippen molar-refractivity contribution in [2.24, 2.45) is 5.41 Å². The van der Waals surface area contributed by atoms with E-state index in [0.29, 0.717) is 12.0 Å². The number of hydrogen-bond donors (Lipinski definition) is 1. The van der Waals surface area contributed by atoms with Crippen molar-refractivity contribution in [3.8, 4) is 0 Å². The quantitative estimate of drug-likeness (QED) is 0.739. The number of sulfonamides is 1. The third-order valence-corrected chi connectivity index (χ3v) is 4.76. The van der Waals surface area contributed by atoms with Crippen LogP contribution in [0.2, 0.25) is 0 Å². The molecule has 0 aliphatic heterocycles. The third kappa shape index (κ3) is 2.68. The zero-order chi connectivity index (χ0) is 10.1. The topological polar surface area (TPSA) is 46.2 Å². The molecule has 0 amide bonds. The van der Waals surface area contributed by atoms with Gasteiger partial charge in [0.2, 0.25) is 10.0 Å². The lowest BCUT2D eigenvalue weighted by Gasteiger charge is -2.15. The van der Waals surface area contributed by atoms with Crippen molar-refractivity contribution < 1.29 is 8.42 Å². The summed E-state index contributed by atoms with van der Waals surface area (Å²) in [5.41, 5.74) is 0.294. The van der Waals surface area contributed by atoms with Crippen molar-refractivity contribution in [1.82, 2.24) is 4.72 Å². The van der Waals surface area contributed by atoms with Crippen molar-refractivity contribution in [1.29, 1.82) is 0 Å². The van der Waals surface area contributed by atoms with Gasteiger partial charge in [-0.2, -0.15) is 0 Å². The second kappa shape index (κ2) is 3.58. The van der Waals surface area contributed by atoms with Crippen molar-refractivity contribution in [2.45, 2.75) is 45.3 Å². The lowest BCUT2D eigenvalue weighted by molar-refractivity contribution is 0.474. The van der Waals surface area contributed by atoms with E-state index in [9.17, 15) is 8.42 Å². The van der Waals surface area contributed by atoms with E-state index in [1.807, 2.05) is 0 Å². The number of rotatable bonds is 5. The minimum absolute atomic E-state index is 0.294. The van der Waals surface area contributed by atoms with Crippen LogP contribution in [-0.4, -0.2) is 20.2 Å². The molecule has 1 rings (SSSR count). The molecule has 0 saturated heterocycles. The van der Waals surface area contributed by atoms with Crippen molar-refractivity contribution in [3.63, 3.8) is 0 Å². The van der Waals surface area contributed by atoms with Gasteiger partial charge in [0.25, 0.3) is 0 Å². The monoisotopic (exact) mass is 205 g/mol. The Morgan fingerprint density at radius 3 is 2.23 bits per heavy atom. The summed E-state index contributed by atoms with van der Waals surface area (Å²) in [6.45, 7) is 6.16. The maximum atomic E-state index is 11.4. The molecule has 0 atom stereocenters. The highest BCUT2D eigenvalue weighted by atomic mass is 32.2. The summed E-state index contributed by atoms with van der Waals surface area (Å²) < 4.78 is 25.5. The molecule has 1 aliphatic rings. The first-order chi connectivity index (χ1) is 5.92. The zero-order valence-corrected chi connectivity index (χ0v) is 9.45. The standard InChI is InChI=1S/C9H19NO2S/c1-4-9(5-6-9)7-10-13(11,12)8(2)3/h8,10H,4-7H2,1-3H3. The average molecular weight is 205 g/mol. The molecule has 0 heterocycles. The smallest absolute Gasteiger partial charge is 0.213 e. The van der Waals surface area contributed by atoms with E-state index in [1.54, 1.807) is 13.8 Å². The average Bonchev–Trinajstić information content (AvgIpc) is 2.81. The molecule has 0 spiro atoms. The van der Waals surface area contributed by atoms with Crippen molar-refractivity contribution in [3.05, 3.63) is 0 Å². The van der Waals surface area contributed by atoms with Crippen LogP contribution in [0.5, 0.6) is 0 Å². The van der Waals surface area contributed by atoms with E-state index in [0.717, 1.165) is 6.42 Å². The second-order valence-corrected chi connectivity index (χ2v) is 6.59. The van der Waals surface area contributed by atoms with Gasteiger partial charge in [-0.15, -0.1) is 0 Å². The lowest BCUT2D eigenvalue weighted by atomic mass is 10.1. The molecule has 78 valence electrons. The zero-order valence-electron chi connectivity index (χ0n) is 8.63. The highest BCUT2D eigenvalue weighted by molar-refractivity contribution is 7.90. The molecule has 1 saturated carbocycles. The van der Waals surface area contributed by atoms with Crippen LogP contribution in [0.3, 0.4) is 0 Å². The highest BCUT2D eigenvalue weighted by Gasteiger charge is 2.41. The Labute approximate surface area is 81.0 Å². The Hall–Kier alpha value is -0.0900. The number of hydrogen-bond acceptors (Lipinski definition) is 2. The first-order valence-corrected chi connectivity index (χ1v) is 6.45. The summed E-state index contributed by atoms with van der Waals surface area (Å²) in [6.07, 6.45) is 3.42. The normalized spacial score (nSPS) is 20.6. The van der Waals surface area contributed by atoms with Crippen LogP contribution in [0.4, 0.5) is 0 Å². The molecule has 1 aliphatic carbocycles. The van der Waals surface area contributed by atoms with E-state index in [4.69, 9.17) is 0 Å². The van der Waals surface area contributed by atoms with Gasteiger partial charge in [0, 0.05) is 6.54 Å². The minimum Gasteiger partial charge on any atom is -0.214 e. The summed E-state index contributed by atoms with van der Waals surface area (Å²) in [4.78, 5) is 0. The van der Waals surface area contributed by atoms with Crippen molar-refractivity contribution >= 4 is 10.0 Å². The fraction of sp³-hybridized carbons (Fsp3) is 1.00. The van der Waals surface area contributed by atoms with Crippen molar-refractivity contribution in [2.75, 3.05) is 6.54 Å². The van der Waals surface area contributed by atoms with Crippen LogP contribution in [-0.2, 0) is 10.0 Å². The van der Waals surface area contributed by atoms with Gasteiger partial charge in [-0.1, -0.05) is 6.92 Å². The van der Waals surface area contributed by atoms with Crippen LogP contribution >= 0.6 is 0 Å². The SMILES string of the molecule is CCC1(CNS(=O)(=O)C(C)C)CC1. The molecule has 13 heavy (non-hydrogen) atoms. The molecule has 0 bridgehead atoms. The Balaban J connectivity index is 2.43. The van der Waals surface area contributed by atoms with Gasteiger partial charge >= 0.3 is 0 Å². The maximum Gasteiger partial charge on any atom is 0.213 e. The summed E-state index contributed by atoms with van der Waals surface area (Å²) in [6, 6.07) is 0. The molecule has 0 aromatic carbocycles. The van der Waals surface area contributed by atoms with Crippen LogP contribution in [0.1, 0.15) is 40.0 Å². The van der Waals surface area contributed by atoms with E-state index < -0.39 is 10.0 Å². The minimum atomic E-state index is -3.05. The molecule has 1 fully saturated rings. The summed E-state index contributed by atoms with van der Waals surface area (Å²) in [7, 11) is -3.05. The molecular weight excluding hydrogens is 186 g/mol.